The van der Waals surface area contributed by atoms with Gasteiger partial charge in [0.05, 0.1) is 34.7 Å². The number of aryl methyl sites for hydroxylation is 1. The molecule has 10 heteroatoms. The van der Waals surface area contributed by atoms with Crippen LogP contribution in [0.15, 0.2) is 22.6 Å². The van der Waals surface area contributed by atoms with Crippen molar-refractivity contribution in [1.29, 1.82) is 0 Å². The highest BCUT2D eigenvalue weighted by Crippen LogP contribution is 2.35. The molecule has 0 saturated heterocycles. The van der Waals surface area contributed by atoms with Crippen LogP contribution in [0.4, 0.5) is 13.2 Å². The second-order valence-electron chi connectivity index (χ2n) is 10.6. The molecule has 1 aromatic rings. The summed E-state index contributed by atoms with van der Waals surface area (Å²) < 4.78 is 46.9. The minimum Gasteiger partial charge on any atom is -0.457 e. The Morgan fingerprint density at radius 3 is 2.46 bits per heavy atom. The average Bonchev–Trinajstić information content (AvgIpc) is 3.21. The number of ether oxygens (including phenoxy) is 1. The zero-order chi connectivity index (χ0) is 28.1. The molecule has 0 aliphatic carbocycles. The van der Waals surface area contributed by atoms with Crippen molar-refractivity contribution in [2.45, 2.75) is 98.1 Å². The average molecular weight is 546 g/mol. The summed E-state index contributed by atoms with van der Waals surface area (Å²) in [4.78, 5) is 30.3. The molecule has 208 valence electrons. The van der Waals surface area contributed by atoms with Crippen molar-refractivity contribution in [2.24, 2.45) is 17.3 Å². The monoisotopic (exact) mass is 545 g/mol. The molecule has 1 aromatic heterocycles. The van der Waals surface area contributed by atoms with Crippen molar-refractivity contribution in [3.8, 4) is 0 Å². The molecule has 0 aromatic carbocycles. The van der Waals surface area contributed by atoms with E-state index in [9.17, 15) is 33.0 Å². The third-order valence-electron chi connectivity index (χ3n) is 7.18. The molecule has 0 radical (unpaired) electrons. The number of halogens is 3. The maximum Gasteiger partial charge on any atom is 0.412 e. The van der Waals surface area contributed by atoms with Gasteiger partial charge in [0, 0.05) is 23.3 Å². The van der Waals surface area contributed by atoms with Crippen LogP contribution in [0, 0.1) is 24.2 Å². The highest BCUT2D eigenvalue weighted by molar-refractivity contribution is 7.09. The van der Waals surface area contributed by atoms with Gasteiger partial charge in [0.1, 0.15) is 11.9 Å². The molecule has 5 atom stereocenters. The highest BCUT2D eigenvalue weighted by atomic mass is 32.1. The maximum absolute atomic E-state index is 13.8. The van der Waals surface area contributed by atoms with Crippen LogP contribution in [-0.2, 0) is 14.3 Å². The van der Waals surface area contributed by atoms with Crippen LogP contribution in [-0.4, -0.2) is 51.4 Å². The SMILES string of the molecule is CC(=Cc1csc(C)n1)C1CC=C(C(F)(F)F)CCCC(C)C(O)C(C)C(=O)C(C)(C)C(O)CC(=O)O1. The fourth-order valence-corrected chi connectivity index (χ4v) is 5.08. The maximum atomic E-state index is 13.8. The van der Waals surface area contributed by atoms with E-state index >= 15 is 0 Å². The Kier molecular flexibility index (Phi) is 10.7. The minimum absolute atomic E-state index is 0.161. The Labute approximate surface area is 220 Å². The summed E-state index contributed by atoms with van der Waals surface area (Å²) in [6.45, 7) is 9.73. The molecule has 37 heavy (non-hydrogen) atoms. The topological polar surface area (TPSA) is 96.7 Å². The fourth-order valence-electron chi connectivity index (χ4n) is 4.51. The van der Waals surface area contributed by atoms with Crippen molar-refractivity contribution in [3.05, 3.63) is 33.3 Å². The highest BCUT2D eigenvalue weighted by Gasteiger charge is 2.42. The van der Waals surface area contributed by atoms with E-state index in [1.807, 2.05) is 6.92 Å². The lowest BCUT2D eigenvalue weighted by Crippen LogP contribution is -2.45. The van der Waals surface area contributed by atoms with Crippen LogP contribution in [0.1, 0.15) is 77.4 Å². The Morgan fingerprint density at radius 2 is 1.89 bits per heavy atom. The van der Waals surface area contributed by atoms with Crippen LogP contribution in [0.5, 0.6) is 0 Å². The Hall–Kier alpha value is -2.04. The molecule has 0 spiro atoms. The number of aliphatic hydroxyl groups excluding tert-OH is 2. The normalized spacial score (nSPS) is 29.5. The number of aliphatic hydroxyl groups is 2. The molecule has 2 N–H and O–H groups in total. The number of esters is 1. The molecule has 2 rings (SSSR count). The molecule has 5 unspecified atom stereocenters. The van der Waals surface area contributed by atoms with E-state index in [4.69, 9.17) is 4.74 Å². The van der Waals surface area contributed by atoms with Crippen LogP contribution < -0.4 is 0 Å². The van der Waals surface area contributed by atoms with Crippen LogP contribution >= 0.6 is 11.3 Å². The molecule has 0 bridgehead atoms. The number of carbonyl (C=O) groups excluding carboxylic acids is 2. The Bertz CT molecular complexity index is 1010. The van der Waals surface area contributed by atoms with Gasteiger partial charge in [0.2, 0.25) is 0 Å². The van der Waals surface area contributed by atoms with Gasteiger partial charge >= 0.3 is 12.1 Å². The smallest absolute Gasteiger partial charge is 0.412 e. The first-order valence-corrected chi connectivity index (χ1v) is 13.4. The summed E-state index contributed by atoms with van der Waals surface area (Å²) in [6, 6.07) is 0. The number of alkyl halides is 3. The number of hydrogen-bond donors (Lipinski definition) is 2. The van der Waals surface area contributed by atoms with E-state index in [-0.39, 0.29) is 25.7 Å². The fraction of sp³-hybridized carbons (Fsp3) is 0.667. The van der Waals surface area contributed by atoms with E-state index in [0.29, 0.717) is 11.3 Å². The summed E-state index contributed by atoms with van der Waals surface area (Å²) in [5, 5.41) is 24.1. The van der Waals surface area contributed by atoms with Gasteiger partial charge in [0.25, 0.3) is 0 Å². The van der Waals surface area contributed by atoms with Gasteiger partial charge < -0.3 is 14.9 Å². The van der Waals surface area contributed by atoms with Crippen molar-refractivity contribution in [2.75, 3.05) is 0 Å². The lowest BCUT2D eigenvalue weighted by Gasteiger charge is -2.34. The number of thiazole rings is 1. The van der Waals surface area contributed by atoms with Crippen LogP contribution in [0.2, 0.25) is 0 Å². The summed E-state index contributed by atoms with van der Waals surface area (Å²) in [6.07, 6.45) is -5.89. The van der Waals surface area contributed by atoms with Gasteiger partial charge in [-0.2, -0.15) is 13.2 Å². The second kappa shape index (κ2) is 12.7. The number of aromatic nitrogens is 1. The Balaban J connectivity index is 2.45. The standard InChI is InChI=1S/C27H38F3NO5S/c1-15-8-7-9-19(27(28,29)30)10-11-21(16(2)12-20-14-37-18(4)31-20)36-23(33)13-22(32)26(5,6)25(35)17(3)24(15)34/h10,12,14-15,17,21-22,24,32,34H,7-9,11,13H2,1-6H3. The molecule has 1 aliphatic heterocycles. The van der Waals surface area contributed by atoms with Crippen LogP contribution in [0.25, 0.3) is 6.08 Å². The van der Waals surface area contributed by atoms with Crippen molar-refractivity contribution >= 4 is 29.2 Å². The minimum atomic E-state index is -4.56. The summed E-state index contributed by atoms with van der Waals surface area (Å²) >= 11 is 1.42. The first-order valence-electron chi connectivity index (χ1n) is 12.5. The van der Waals surface area contributed by atoms with Crippen LogP contribution in [0.3, 0.4) is 0 Å². The molecule has 2 heterocycles. The molecule has 0 saturated carbocycles. The first kappa shape index (κ1) is 31.2. The lowest BCUT2D eigenvalue weighted by molar-refractivity contribution is -0.154. The predicted molar refractivity (Wildman–Crippen MR) is 137 cm³/mol. The van der Waals surface area contributed by atoms with Crippen molar-refractivity contribution in [1.82, 2.24) is 4.98 Å². The van der Waals surface area contributed by atoms with Gasteiger partial charge in [-0.05, 0) is 50.7 Å². The van der Waals surface area contributed by atoms with E-state index in [1.54, 1.807) is 25.3 Å². The predicted octanol–water partition coefficient (Wildman–Crippen LogP) is 5.81. The molecular formula is C27H38F3NO5S. The third-order valence-corrected chi connectivity index (χ3v) is 7.97. The van der Waals surface area contributed by atoms with Gasteiger partial charge in [-0.25, -0.2) is 4.98 Å². The molecule has 1 aliphatic rings. The molecule has 6 nitrogen and oxygen atoms in total. The van der Waals surface area contributed by atoms with Crippen molar-refractivity contribution in [3.63, 3.8) is 0 Å². The van der Waals surface area contributed by atoms with E-state index < -0.39 is 65.5 Å². The summed E-state index contributed by atoms with van der Waals surface area (Å²) in [7, 11) is 0. The van der Waals surface area contributed by atoms with Gasteiger partial charge in [0.15, 0.2) is 0 Å². The number of carbonyl (C=O) groups is 2. The van der Waals surface area contributed by atoms with Gasteiger partial charge in [-0.1, -0.05) is 33.8 Å². The zero-order valence-electron chi connectivity index (χ0n) is 22.3. The third kappa shape index (κ3) is 8.48. The second-order valence-corrected chi connectivity index (χ2v) is 11.6. The Morgan fingerprint density at radius 1 is 1.24 bits per heavy atom. The van der Waals surface area contributed by atoms with Crippen molar-refractivity contribution < 1.29 is 37.7 Å². The largest absolute Gasteiger partial charge is 0.457 e. The number of rotatable bonds is 2. The van der Waals surface area contributed by atoms with Gasteiger partial charge in [-0.15, -0.1) is 11.3 Å². The zero-order valence-corrected chi connectivity index (χ0v) is 23.1. The van der Waals surface area contributed by atoms with E-state index in [0.717, 1.165) is 11.1 Å². The quantitative estimate of drug-likeness (QED) is 0.360. The summed E-state index contributed by atoms with van der Waals surface area (Å²) in [5.74, 6) is -2.57. The number of hydrogen-bond acceptors (Lipinski definition) is 7. The van der Waals surface area contributed by atoms with Gasteiger partial charge in [-0.3, -0.25) is 9.59 Å². The number of Topliss-reactive ketones (excluding diaryl/α,β-unsaturated/α-hetero) is 1. The molecular weight excluding hydrogens is 507 g/mol. The molecule has 0 amide bonds. The summed E-state index contributed by atoms with van der Waals surface area (Å²) in [5.41, 5.74) is -0.966. The number of ketones is 1. The number of cyclic esters (lactones) is 1. The number of nitrogens with zero attached hydrogens (tertiary/aromatic N) is 1. The molecule has 0 fully saturated rings. The van der Waals surface area contributed by atoms with E-state index in [2.05, 4.69) is 4.98 Å². The lowest BCUT2D eigenvalue weighted by atomic mass is 9.73. The van der Waals surface area contributed by atoms with E-state index in [1.165, 1.54) is 32.1 Å². The number of allylic oxidation sites excluding steroid dienone is 1. The first-order chi connectivity index (χ1) is 17.0.